The molecule has 2 aliphatic heterocycles. The Morgan fingerprint density at radius 3 is 2.46 bits per heavy atom. The first kappa shape index (κ1) is 27.7. The molecule has 3 unspecified atom stereocenters. The van der Waals surface area contributed by atoms with Crippen LogP contribution in [0.2, 0.25) is 0 Å². The van der Waals surface area contributed by atoms with Gasteiger partial charge in [0.2, 0.25) is 11.7 Å². The number of benzene rings is 1. The van der Waals surface area contributed by atoms with Crippen molar-refractivity contribution in [1.29, 1.82) is 0 Å². The summed E-state index contributed by atoms with van der Waals surface area (Å²) in [5.41, 5.74) is -0.339. The normalized spacial score (nSPS) is 23.8. The zero-order valence-corrected chi connectivity index (χ0v) is 21.3. The summed E-state index contributed by atoms with van der Waals surface area (Å²) >= 11 is 0. The number of phenols is 1. The number of carbonyl (C=O) groups is 5. The Labute approximate surface area is 214 Å². The predicted molar refractivity (Wildman–Crippen MR) is 134 cm³/mol. The van der Waals surface area contributed by atoms with Crippen LogP contribution in [0, 0.1) is 12.8 Å². The number of fused-ring (bicyclic) bond motifs is 13. The number of aryl methyl sites for hydroxylation is 1. The summed E-state index contributed by atoms with van der Waals surface area (Å²) in [4.78, 5) is 64.2. The molecule has 1 aromatic carbocycles. The van der Waals surface area contributed by atoms with E-state index in [-0.39, 0.29) is 58.0 Å². The van der Waals surface area contributed by atoms with Gasteiger partial charge in [0.1, 0.15) is 18.0 Å². The van der Waals surface area contributed by atoms with E-state index in [1.54, 1.807) is 6.08 Å². The van der Waals surface area contributed by atoms with Gasteiger partial charge in [-0.15, -0.1) is 0 Å². The van der Waals surface area contributed by atoms with Crippen molar-refractivity contribution < 1.29 is 38.9 Å². The molecule has 0 fully saturated rings. The zero-order chi connectivity index (χ0) is 27.4. The standard InChI is InChI=1S/C28H31NO8/c1-5-17-7-9-20(30)16(4)37-28(36)14(2)6-11-23(33)29-19-13-22(32)24-18(27(19)35)12-15(3)26(34)25(24)21(31)10-8-17/h6-7,9,12-13,16-17,20,30,34H,5,8,10-11H2,1-4H3,(H,29,33). The highest BCUT2D eigenvalue weighted by Crippen LogP contribution is 2.34. The lowest BCUT2D eigenvalue weighted by Gasteiger charge is -2.21. The van der Waals surface area contributed by atoms with Crippen molar-refractivity contribution in [1.82, 2.24) is 5.32 Å². The Bertz CT molecular complexity index is 1250. The number of aliphatic hydroxyl groups is 1. The topological polar surface area (TPSA) is 147 Å². The van der Waals surface area contributed by atoms with Crippen LogP contribution in [0.25, 0.3) is 0 Å². The Hall–Kier alpha value is -3.85. The van der Waals surface area contributed by atoms with Crippen molar-refractivity contribution in [3.63, 3.8) is 0 Å². The minimum Gasteiger partial charge on any atom is -0.507 e. The van der Waals surface area contributed by atoms with Gasteiger partial charge >= 0.3 is 5.97 Å². The van der Waals surface area contributed by atoms with Crippen LogP contribution in [-0.4, -0.2) is 51.6 Å². The van der Waals surface area contributed by atoms with Gasteiger partial charge in [0.05, 0.1) is 11.3 Å². The summed E-state index contributed by atoms with van der Waals surface area (Å²) in [6, 6.07) is 1.33. The first-order valence-corrected chi connectivity index (χ1v) is 12.2. The van der Waals surface area contributed by atoms with E-state index >= 15 is 0 Å². The van der Waals surface area contributed by atoms with Gasteiger partial charge in [0.25, 0.3) is 0 Å². The monoisotopic (exact) mass is 509 g/mol. The van der Waals surface area contributed by atoms with Crippen LogP contribution in [0.1, 0.15) is 83.1 Å². The molecule has 196 valence electrons. The second-order valence-corrected chi connectivity index (χ2v) is 9.35. The van der Waals surface area contributed by atoms with Crippen LogP contribution in [0.15, 0.2) is 41.6 Å². The molecule has 0 aromatic heterocycles. The summed E-state index contributed by atoms with van der Waals surface area (Å²) in [5, 5.41) is 23.5. The summed E-state index contributed by atoms with van der Waals surface area (Å²) < 4.78 is 5.28. The number of phenolic OH excluding ortho intramolecular Hbond substituents is 1. The van der Waals surface area contributed by atoms with Crippen LogP contribution < -0.4 is 5.32 Å². The Balaban J connectivity index is 2.06. The molecule has 0 radical (unpaired) electrons. The fourth-order valence-electron chi connectivity index (χ4n) is 4.19. The smallest absolute Gasteiger partial charge is 0.333 e. The molecule has 2 heterocycles. The average molecular weight is 510 g/mol. The van der Waals surface area contributed by atoms with Gasteiger partial charge in [-0.05, 0) is 51.2 Å². The maximum absolute atomic E-state index is 13.2. The van der Waals surface area contributed by atoms with Gasteiger partial charge in [-0.3, -0.25) is 19.2 Å². The summed E-state index contributed by atoms with van der Waals surface area (Å²) in [6.07, 6.45) is 4.26. The van der Waals surface area contributed by atoms with Crippen molar-refractivity contribution in [2.24, 2.45) is 5.92 Å². The average Bonchev–Trinajstić information content (AvgIpc) is 2.85. The second-order valence-electron chi connectivity index (χ2n) is 9.35. The molecule has 1 aliphatic carbocycles. The molecule has 9 heteroatoms. The molecule has 3 aliphatic rings. The molecular formula is C28H31NO8. The highest BCUT2D eigenvalue weighted by atomic mass is 16.6. The molecular weight excluding hydrogens is 478 g/mol. The van der Waals surface area contributed by atoms with Crippen molar-refractivity contribution >= 4 is 29.2 Å². The third kappa shape index (κ3) is 6.11. The second kappa shape index (κ2) is 11.5. The van der Waals surface area contributed by atoms with Gasteiger partial charge in [-0.25, -0.2) is 4.79 Å². The number of nitrogens with one attached hydrogen (secondary N) is 1. The molecule has 1 amide bonds. The molecule has 3 N–H and O–H groups in total. The number of Topliss-reactive ketones (excluding diaryl/α,β-unsaturated/α-hetero) is 2. The quantitative estimate of drug-likeness (QED) is 0.386. The Morgan fingerprint density at radius 2 is 1.78 bits per heavy atom. The number of hydrogen-bond acceptors (Lipinski definition) is 8. The van der Waals surface area contributed by atoms with E-state index in [0.717, 1.165) is 6.08 Å². The highest BCUT2D eigenvalue weighted by Gasteiger charge is 2.33. The predicted octanol–water partition coefficient (Wildman–Crippen LogP) is 3.27. The lowest BCUT2D eigenvalue weighted by Crippen LogP contribution is -2.32. The van der Waals surface area contributed by atoms with E-state index in [4.69, 9.17) is 4.74 Å². The fourth-order valence-corrected chi connectivity index (χ4v) is 4.19. The zero-order valence-electron chi connectivity index (χ0n) is 21.3. The minimum atomic E-state index is -1.09. The number of aliphatic hydroxyl groups excluding tert-OH is 1. The third-order valence-electron chi connectivity index (χ3n) is 6.59. The van der Waals surface area contributed by atoms with Crippen LogP contribution in [0.3, 0.4) is 0 Å². The van der Waals surface area contributed by atoms with Crippen LogP contribution in [0.4, 0.5) is 0 Å². The van der Waals surface area contributed by atoms with Gasteiger partial charge < -0.3 is 20.3 Å². The molecule has 1 aromatic rings. The Kier molecular flexibility index (Phi) is 8.60. The van der Waals surface area contributed by atoms with Gasteiger partial charge in [-0.2, -0.15) is 0 Å². The van der Waals surface area contributed by atoms with Crippen molar-refractivity contribution in [2.75, 3.05) is 0 Å². The van der Waals surface area contributed by atoms with E-state index in [2.05, 4.69) is 5.32 Å². The highest BCUT2D eigenvalue weighted by molar-refractivity contribution is 6.28. The summed E-state index contributed by atoms with van der Waals surface area (Å²) in [6.45, 7) is 6.43. The van der Waals surface area contributed by atoms with Gasteiger partial charge in [0, 0.05) is 35.6 Å². The SMILES string of the molecule is CCC1C=CC(O)C(C)OC(=O)C(C)=CCC(=O)NC2=CC(=O)c3c(cc(C)c(O)c3C(=O)CC1)C2=O. The number of ether oxygens (including phenoxy) is 1. The summed E-state index contributed by atoms with van der Waals surface area (Å²) in [7, 11) is 0. The number of rotatable bonds is 1. The molecule has 0 saturated heterocycles. The van der Waals surface area contributed by atoms with E-state index in [1.807, 2.05) is 6.92 Å². The van der Waals surface area contributed by atoms with E-state index in [1.165, 1.54) is 39.0 Å². The van der Waals surface area contributed by atoms with Gasteiger partial charge in [0.15, 0.2) is 11.6 Å². The van der Waals surface area contributed by atoms with E-state index in [9.17, 15) is 34.2 Å². The summed E-state index contributed by atoms with van der Waals surface area (Å²) in [5.74, 6) is -3.67. The van der Waals surface area contributed by atoms with Crippen LogP contribution in [-0.2, 0) is 14.3 Å². The molecule has 9 nitrogen and oxygen atoms in total. The molecule has 0 spiro atoms. The van der Waals surface area contributed by atoms with Crippen LogP contribution >= 0.6 is 0 Å². The maximum Gasteiger partial charge on any atom is 0.333 e. The van der Waals surface area contributed by atoms with Crippen molar-refractivity contribution in [3.05, 3.63) is 63.9 Å². The number of aromatic hydroxyl groups is 1. The lowest BCUT2D eigenvalue weighted by molar-refractivity contribution is -0.147. The number of carbonyl (C=O) groups excluding carboxylic acids is 5. The van der Waals surface area contributed by atoms with Crippen molar-refractivity contribution in [2.45, 2.75) is 65.6 Å². The van der Waals surface area contributed by atoms with E-state index in [0.29, 0.717) is 12.8 Å². The Morgan fingerprint density at radius 1 is 1.08 bits per heavy atom. The lowest BCUT2D eigenvalue weighted by atomic mass is 9.84. The first-order chi connectivity index (χ1) is 17.4. The fraction of sp³-hybridized carbons (Fsp3) is 0.393. The van der Waals surface area contributed by atoms with Crippen LogP contribution in [0.5, 0.6) is 5.75 Å². The molecule has 37 heavy (non-hydrogen) atoms. The minimum absolute atomic E-state index is 0.0221. The van der Waals surface area contributed by atoms with E-state index < -0.39 is 41.4 Å². The number of allylic oxidation sites excluding steroid dienone is 3. The van der Waals surface area contributed by atoms with Gasteiger partial charge in [-0.1, -0.05) is 25.2 Å². The third-order valence-corrected chi connectivity index (χ3v) is 6.59. The van der Waals surface area contributed by atoms with Crippen molar-refractivity contribution in [3.8, 4) is 5.75 Å². The largest absolute Gasteiger partial charge is 0.507 e. The number of amides is 1. The molecule has 3 atom stereocenters. The number of hydrogen-bond donors (Lipinski definition) is 3. The molecule has 4 bridgehead atoms. The maximum atomic E-state index is 13.2. The number of esters is 1. The molecule has 4 rings (SSSR count). The molecule has 0 saturated carbocycles. The number of ketones is 3. The first-order valence-electron chi connectivity index (χ1n) is 12.2.